The summed E-state index contributed by atoms with van der Waals surface area (Å²) in [5, 5.41) is 13.5. The number of benzene rings is 1. The van der Waals surface area contributed by atoms with Gasteiger partial charge in [0.1, 0.15) is 5.54 Å². The van der Waals surface area contributed by atoms with Crippen LogP contribution in [0.15, 0.2) is 23.1 Å². The van der Waals surface area contributed by atoms with Crippen molar-refractivity contribution in [2.24, 2.45) is 0 Å². The molecule has 0 bridgehead atoms. The van der Waals surface area contributed by atoms with Crippen LogP contribution < -0.4 is 5.32 Å². The zero-order chi connectivity index (χ0) is 14.8. The van der Waals surface area contributed by atoms with Crippen LogP contribution in [0, 0.1) is 25.2 Å². The summed E-state index contributed by atoms with van der Waals surface area (Å²) in [5.41, 5.74) is 2.34. The van der Waals surface area contributed by atoms with E-state index >= 15 is 0 Å². The molecular weight excluding hydrogens is 264 g/mol. The third kappa shape index (κ3) is 3.56. The van der Waals surface area contributed by atoms with Crippen molar-refractivity contribution in [2.45, 2.75) is 68.7 Å². The summed E-state index contributed by atoms with van der Waals surface area (Å²) in [6.07, 6.45) is 3.02. The summed E-state index contributed by atoms with van der Waals surface area (Å²) in [7, 11) is 0. The van der Waals surface area contributed by atoms with E-state index in [2.05, 4.69) is 57.3 Å². The van der Waals surface area contributed by atoms with Crippen molar-refractivity contribution in [2.75, 3.05) is 0 Å². The van der Waals surface area contributed by atoms with Crippen LogP contribution in [0.4, 0.5) is 0 Å². The number of nitrogens with one attached hydrogen (secondary N) is 1. The smallest absolute Gasteiger partial charge is 0.108 e. The van der Waals surface area contributed by atoms with Gasteiger partial charge in [0.15, 0.2) is 0 Å². The molecule has 0 saturated heterocycles. The predicted octanol–water partition coefficient (Wildman–Crippen LogP) is 4.21. The molecule has 108 valence electrons. The highest BCUT2D eigenvalue weighted by Gasteiger charge is 2.40. The molecule has 0 aromatic heterocycles. The normalized spacial score (nSPS) is 25.9. The number of thioether (sulfide) groups is 1. The van der Waals surface area contributed by atoms with Gasteiger partial charge >= 0.3 is 0 Å². The van der Waals surface area contributed by atoms with E-state index in [4.69, 9.17) is 0 Å². The van der Waals surface area contributed by atoms with Gasteiger partial charge in [0.25, 0.3) is 0 Å². The van der Waals surface area contributed by atoms with E-state index in [1.54, 1.807) is 0 Å². The van der Waals surface area contributed by atoms with Crippen LogP contribution in [0.2, 0.25) is 0 Å². The van der Waals surface area contributed by atoms with Crippen molar-refractivity contribution in [1.82, 2.24) is 5.32 Å². The van der Waals surface area contributed by atoms with Gasteiger partial charge in [0.2, 0.25) is 0 Å². The Morgan fingerprint density at radius 3 is 2.75 bits per heavy atom. The number of hydrogen-bond acceptors (Lipinski definition) is 3. The molecule has 1 saturated carbocycles. The molecule has 1 fully saturated rings. The molecule has 0 radical (unpaired) electrons. The molecule has 1 aliphatic rings. The molecule has 1 aromatic rings. The van der Waals surface area contributed by atoms with E-state index < -0.39 is 0 Å². The van der Waals surface area contributed by atoms with Gasteiger partial charge in [-0.1, -0.05) is 17.7 Å². The Morgan fingerprint density at radius 1 is 1.40 bits per heavy atom. The van der Waals surface area contributed by atoms with Crippen LogP contribution in [0.1, 0.15) is 44.2 Å². The third-order valence-corrected chi connectivity index (χ3v) is 5.32. The molecule has 0 aliphatic heterocycles. The first-order valence-electron chi connectivity index (χ1n) is 7.37. The molecule has 3 heteroatoms. The van der Waals surface area contributed by atoms with E-state index in [0.717, 1.165) is 19.3 Å². The molecule has 1 aromatic carbocycles. The molecule has 20 heavy (non-hydrogen) atoms. The summed E-state index contributed by atoms with van der Waals surface area (Å²) in [6, 6.07) is 9.52. The Morgan fingerprint density at radius 2 is 2.15 bits per heavy atom. The number of aryl methyl sites for hydroxylation is 2. The topological polar surface area (TPSA) is 35.8 Å². The highest BCUT2D eigenvalue weighted by molar-refractivity contribution is 8.00. The molecule has 2 rings (SSSR count). The van der Waals surface area contributed by atoms with E-state index in [9.17, 15) is 5.26 Å². The van der Waals surface area contributed by atoms with Crippen molar-refractivity contribution in [1.29, 1.82) is 5.26 Å². The second-order valence-electron chi connectivity index (χ2n) is 6.24. The monoisotopic (exact) mass is 288 g/mol. The minimum absolute atomic E-state index is 0.315. The lowest BCUT2D eigenvalue weighted by molar-refractivity contribution is 0.386. The van der Waals surface area contributed by atoms with E-state index in [1.165, 1.54) is 16.0 Å². The molecule has 1 N–H and O–H groups in total. The van der Waals surface area contributed by atoms with Crippen LogP contribution in [0.25, 0.3) is 0 Å². The third-order valence-electron chi connectivity index (χ3n) is 3.87. The molecular formula is C17H24N2S. The largest absolute Gasteiger partial charge is 0.297 e. The fourth-order valence-corrected chi connectivity index (χ4v) is 4.38. The Labute approximate surface area is 127 Å². The quantitative estimate of drug-likeness (QED) is 0.901. The Balaban J connectivity index is 2.04. The van der Waals surface area contributed by atoms with Gasteiger partial charge in [-0.3, -0.25) is 5.32 Å². The van der Waals surface area contributed by atoms with Gasteiger partial charge in [-0.15, -0.1) is 11.8 Å². The molecule has 0 heterocycles. The number of hydrogen-bond donors (Lipinski definition) is 1. The van der Waals surface area contributed by atoms with Gasteiger partial charge in [-0.25, -0.2) is 0 Å². The van der Waals surface area contributed by atoms with Crippen molar-refractivity contribution in [3.05, 3.63) is 29.3 Å². The minimum atomic E-state index is -0.315. The maximum Gasteiger partial charge on any atom is 0.108 e. The summed E-state index contributed by atoms with van der Waals surface area (Å²) >= 11 is 1.94. The van der Waals surface area contributed by atoms with Gasteiger partial charge < -0.3 is 0 Å². The maximum absolute atomic E-state index is 9.52. The van der Waals surface area contributed by atoms with Gasteiger partial charge in [0, 0.05) is 16.2 Å². The van der Waals surface area contributed by atoms with Gasteiger partial charge in [-0.2, -0.15) is 5.26 Å². The van der Waals surface area contributed by atoms with E-state index in [0.29, 0.717) is 11.3 Å². The van der Waals surface area contributed by atoms with Crippen LogP contribution in [-0.4, -0.2) is 16.8 Å². The van der Waals surface area contributed by atoms with Crippen molar-refractivity contribution in [3.8, 4) is 6.07 Å². The Kier molecular flexibility index (Phi) is 4.78. The van der Waals surface area contributed by atoms with Crippen LogP contribution in [0.5, 0.6) is 0 Å². The summed E-state index contributed by atoms with van der Waals surface area (Å²) < 4.78 is 0. The number of nitriles is 1. The van der Waals surface area contributed by atoms with Gasteiger partial charge in [0.05, 0.1) is 6.07 Å². The Hall–Kier alpha value is -0.980. The summed E-state index contributed by atoms with van der Waals surface area (Å²) in [6.45, 7) is 8.53. The molecule has 0 spiro atoms. The second kappa shape index (κ2) is 6.20. The standard InChI is InChI=1S/C17H24N2S/c1-12(2)19-17(11-18)8-7-15(10-17)20-16-6-5-13(3)9-14(16)4/h5-6,9,12,15,19H,7-8,10H2,1-4H3. The minimum Gasteiger partial charge on any atom is -0.297 e. The first kappa shape index (κ1) is 15.4. The summed E-state index contributed by atoms with van der Waals surface area (Å²) in [5.74, 6) is 0. The average molecular weight is 288 g/mol. The Bertz CT molecular complexity index is 518. The fourth-order valence-electron chi connectivity index (χ4n) is 3.03. The van der Waals surface area contributed by atoms with Crippen molar-refractivity contribution >= 4 is 11.8 Å². The average Bonchev–Trinajstić information content (AvgIpc) is 2.76. The zero-order valence-corrected chi connectivity index (χ0v) is 13.7. The van der Waals surface area contributed by atoms with Crippen LogP contribution >= 0.6 is 11.8 Å². The maximum atomic E-state index is 9.52. The molecule has 2 nitrogen and oxygen atoms in total. The highest BCUT2D eigenvalue weighted by Crippen LogP contribution is 2.41. The van der Waals surface area contributed by atoms with Gasteiger partial charge in [-0.05, 0) is 58.6 Å². The highest BCUT2D eigenvalue weighted by atomic mass is 32.2. The van der Waals surface area contributed by atoms with E-state index in [1.807, 2.05) is 11.8 Å². The van der Waals surface area contributed by atoms with E-state index in [-0.39, 0.29) is 5.54 Å². The fraction of sp³-hybridized carbons (Fsp3) is 0.588. The van der Waals surface area contributed by atoms with Crippen molar-refractivity contribution in [3.63, 3.8) is 0 Å². The molecule has 2 atom stereocenters. The lowest BCUT2D eigenvalue weighted by Gasteiger charge is -2.25. The lowest BCUT2D eigenvalue weighted by Crippen LogP contribution is -2.45. The van der Waals surface area contributed by atoms with Crippen LogP contribution in [0.3, 0.4) is 0 Å². The SMILES string of the molecule is Cc1ccc(SC2CCC(C#N)(NC(C)C)C2)c(C)c1. The zero-order valence-electron chi connectivity index (χ0n) is 12.9. The van der Waals surface area contributed by atoms with Crippen LogP contribution in [-0.2, 0) is 0 Å². The molecule has 2 unspecified atom stereocenters. The first-order valence-corrected chi connectivity index (χ1v) is 8.25. The lowest BCUT2D eigenvalue weighted by atomic mass is 9.99. The van der Waals surface area contributed by atoms with Crippen molar-refractivity contribution < 1.29 is 0 Å². The number of rotatable bonds is 4. The molecule has 0 amide bonds. The summed E-state index contributed by atoms with van der Waals surface area (Å²) in [4.78, 5) is 1.36. The number of nitrogens with zero attached hydrogens (tertiary/aromatic N) is 1. The predicted molar refractivity (Wildman–Crippen MR) is 86.0 cm³/mol. The first-order chi connectivity index (χ1) is 9.44. The molecule has 1 aliphatic carbocycles. The second-order valence-corrected chi connectivity index (χ2v) is 7.59.